The summed E-state index contributed by atoms with van der Waals surface area (Å²) in [5.74, 6) is 1.10. The van der Waals surface area contributed by atoms with E-state index in [4.69, 9.17) is 32.4 Å². The summed E-state index contributed by atoms with van der Waals surface area (Å²) < 4.78 is 12.2. The van der Waals surface area contributed by atoms with E-state index < -0.39 is 0 Å². The highest BCUT2D eigenvalue weighted by molar-refractivity contribution is 5.95. The molecule has 0 amide bonds. The van der Waals surface area contributed by atoms with Crippen LogP contribution < -0.4 is 22.9 Å². The van der Waals surface area contributed by atoms with E-state index in [1.807, 2.05) is 0 Å². The van der Waals surface area contributed by atoms with Gasteiger partial charge in [-0.3, -0.25) is 0 Å². The summed E-state index contributed by atoms with van der Waals surface area (Å²) in [5, 5.41) is 0. The molecule has 0 heterocycles. The first-order valence-corrected chi connectivity index (χ1v) is 18.4. The van der Waals surface area contributed by atoms with Gasteiger partial charge in [0.15, 0.2) is 0 Å². The highest BCUT2D eigenvalue weighted by Crippen LogP contribution is 2.50. The lowest BCUT2D eigenvalue weighted by atomic mass is 9.59. The summed E-state index contributed by atoms with van der Waals surface area (Å²) in [6, 6.07) is 7.93. The van der Waals surface area contributed by atoms with E-state index in [-0.39, 0.29) is 46.9 Å². The predicted molar refractivity (Wildman–Crippen MR) is 183 cm³/mol. The maximum atomic E-state index is 13.5. The fourth-order valence-electron chi connectivity index (χ4n) is 9.63. The summed E-state index contributed by atoms with van der Waals surface area (Å²) in [5.41, 5.74) is 25.6. The molecule has 4 aliphatic rings. The van der Waals surface area contributed by atoms with Crippen LogP contribution in [0.2, 0.25) is 0 Å². The standard InChI is InChI=1S/C38H62N4O4/c1-37(27-6-14-31(39)15-7-27,28-8-16-32(40)17-9-28)23-45-35(43)25-4-3-5-26(22-25)36(44)46-24-38(2,29-10-18-33(41)19-11-29)30-12-20-34(42)21-13-30/h3-5,22,27-34H,6-21,23-24,39-42H2,1-2H3. The van der Waals surface area contributed by atoms with Crippen molar-refractivity contribution in [2.24, 2.45) is 57.4 Å². The van der Waals surface area contributed by atoms with E-state index in [9.17, 15) is 9.59 Å². The van der Waals surface area contributed by atoms with E-state index in [0.29, 0.717) is 48.0 Å². The van der Waals surface area contributed by atoms with Gasteiger partial charge in [-0.05, 0) is 145 Å². The molecule has 4 saturated carbocycles. The first-order valence-electron chi connectivity index (χ1n) is 18.4. The smallest absolute Gasteiger partial charge is 0.338 e. The van der Waals surface area contributed by atoms with Gasteiger partial charge in [0.25, 0.3) is 0 Å². The molecular formula is C38H62N4O4. The molecule has 4 fully saturated rings. The summed E-state index contributed by atoms with van der Waals surface area (Å²) in [4.78, 5) is 27.0. The molecule has 0 unspecified atom stereocenters. The van der Waals surface area contributed by atoms with Gasteiger partial charge in [-0.15, -0.1) is 0 Å². The van der Waals surface area contributed by atoms with Crippen LogP contribution in [0.15, 0.2) is 24.3 Å². The number of carbonyl (C=O) groups is 2. The van der Waals surface area contributed by atoms with Crippen molar-refractivity contribution in [2.45, 2.75) is 141 Å². The maximum absolute atomic E-state index is 13.5. The second-order valence-electron chi connectivity index (χ2n) is 16.2. The molecule has 4 aliphatic carbocycles. The average Bonchev–Trinajstić information content (AvgIpc) is 3.07. The Balaban J connectivity index is 1.24. The topological polar surface area (TPSA) is 157 Å². The van der Waals surface area contributed by atoms with Gasteiger partial charge >= 0.3 is 11.9 Å². The Morgan fingerprint density at radius 1 is 0.543 bits per heavy atom. The fourth-order valence-corrected chi connectivity index (χ4v) is 9.63. The molecular weight excluding hydrogens is 576 g/mol. The van der Waals surface area contributed by atoms with Crippen LogP contribution in [0, 0.1) is 34.5 Å². The highest BCUT2D eigenvalue weighted by atomic mass is 16.5. The van der Waals surface area contributed by atoms with Crippen molar-refractivity contribution >= 4 is 11.9 Å². The van der Waals surface area contributed by atoms with E-state index in [1.54, 1.807) is 24.3 Å². The Bertz CT molecular complexity index is 1010. The van der Waals surface area contributed by atoms with Crippen molar-refractivity contribution in [3.05, 3.63) is 35.4 Å². The zero-order valence-corrected chi connectivity index (χ0v) is 28.6. The number of hydrogen-bond donors (Lipinski definition) is 4. The molecule has 46 heavy (non-hydrogen) atoms. The van der Waals surface area contributed by atoms with Gasteiger partial charge in [0.2, 0.25) is 0 Å². The number of rotatable bonds is 10. The minimum absolute atomic E-state index is 0.122. The molecule has 0 aromatic heterocycles. The first kappa shape index (κ1) is 35.3. The van der Waals surface area contributed by atoms with Crippen molar-refractivity contribution in [3.63, 3.8) is 0 Å². The number of ether oxygens (including phenoxy) is 2. The van der Waals surface area contributed by atoms with Gasteiger partial charge in [-0.2, -0.15) is 0 Å². The monoisotopic (exact) mass is 638 g/mol. The molecule has 0 atom stereocenters. The summed E-state index contributed by atoms with van der Waals surface area (Å²) in [6.45, 7) is 5.37. The molecule has 5 rings (SSSR count). The molecule has 8 N–H and O–H groups in total. The van der Waals surface area contributed by atoms with E-state index in [1.165, 1.54) is 0 Å². The molecule has 8 heteroatoms. The normalized spacial score (nSPS) is 34.9. The molecule has 1 aromatic carbocycles. The SMILES string of the molecule is CC(COC(=O)c1cccc(C(=O)OCC(C)(C2CCC(N)CC2)C2CCC(N)CC2)c1)(C1CCC(N)CC1)C1CCC(N)CC1. The van der Waals surface area contributed by atoms with Crippen LogP contribution in [0.25, 0.3) is 0 Å². The van der Waals surface area contributed by atoms with Crippen LogP contribution in [-0.4, -0.2) is 49.3 Å². The van der Waals surface area contributed by atoms with Crippen molar-refractivity contribution < 1.29 is 19.1 Å². The van der Waals surface area contributed by atoms with Crippen LogP contribution in [-0.2, 0) is 9.47 Å². The molecule has 0 radical (unpaired) electrons. The van der Waals surface area contributed by atoms with Crippen molar-refractivity contribution in [1.29, 1.82) is 0 Å². The fraction of sp³-hybridized carbons (Fsp3) is 0.789. The number of nitrogens with two attached hydrogens (primary N) is 4. The highest BCUT2D eigenvalue weighted by Gasteiger charge is 2.46. The Morgan fingerprint density at radius 3 is 1.07 bits per heavy atom. The van der Waals surface area contributed by atoms with Crippen LogP contribution in [0.3, 0.4) is 0 Å². The number of carbonyl (C=O) groups excluding carboxylic acids is 2. The van der Waals surface area contributed by atoms with Crippen LogP contribution in [0.1, 0.15) is 137 Å². The molecule has 0 saturated heterocycles. The third-order valence-electron chi connectivity index (χ3n) is 13.2. The lowest BCUT2D eigenvalue weighted by Crippen LogP contribution is -2.45. The van der Waals surface area contributed by atoms with Crippen molar-refractivity contribution in [1.82, 2.24) is 0 Å². The molecule has 258 valence electrons. The van der Waals surface area contributed by atoms with Gasteiger partial charge in [0.05, 0.1) is 24.3 Å². The zero-order chi connectivity index (χ0) is 32.9. The number of esters is 2. The quantitative estimate of drug-likeness (QED) is 0.225. The Morgan fingerprint density at radius 2 is 0.804 bits per heavy atom. The Kier molecular flexibility index (Phi) is 11.9. The predicted octanol–water partition coefficient (Wildman–Crippen LogP) is 6.08. The van der Waals surface area contributed by atoms with Gasteiger partial charge in [-0.25, -0.2) is 9.59 Å². The number of benzene rings is 1. The van der Waals surface area contributed by atoms with Crippen molar-refractivity contribution in [2.75, 3.05) is 13.2 Å². The Labute approximate surface area is 277 Å². The molecule has 0 aliphatic heterocycles. The summed E-state index contributed by atoms with van der Waals surface area (Å²) in [6.07, 6.45) is 16.7. The van der Waals surface area contributed by atoms with Gasteiger partial charge < -0.3 is 32.4 Å². The minimum Gasteiger partial charge on any atom is -0.461 e. The molecule has 8 nitrogen and oxygen atoms in total. The Hall–Kier alpha value is -2.00. The van der Waals surface area contributed by atoms with Crippen LogP contribution in [0.5, 0.6) is 0 Å². The van der Waals surface area contributed by atoms with Crippen LogP contribution >= 0.6 is 0 Å². The maximum Gasteiger partial charge on any atom is 0.338 e. The summed E-state index contributed by atoms with van der Waals surface area (Å²) >= 11 is 0. The summed E-state index contributed by atoms with van der Waals surface area (Å²) in [7, 11) is 0. The third-order valence-corrected chi connectivity index (χ3v) is 13.2. The molecule has 1 aromatic rings. The lowest BCUT2D eigenvalue weighted by molar-refractivity contribution is -0.0334. The van der Waals surface area contributed by atoms with Gasteiger partial charge in [0.1, 0.15) is 0 Å². The van der Waals surface area contributed by atoms with E-state index in [2.05, 4.69) is 13.8 Å². The molecule has 0 bridgehead atoms. The minimum atomic E-state index is -0.386. The van der Waals surface area contributed by atoms with Crippen molar-refractivity contribution in [3.8, 4) is 0 Å². The first-order chi connectivity index (χ1) is 22.0. The largest absolute Gasteiger partial charge is 0.461 e. The second kappa shape index (κ2) is 15.5. The van der Waals surface area contributed by atoms with Crippen LogP contribution in [0.4, 0.5) is 0 Å². The average molecular weight is 639 g/mol. The number of hydrogen-bond acceptors (Lipinski definition) is 8. The third kappa shape index (κ3) is 8.34. The van der Waals surface area contributed by atoms with Gasteiger partial charge in [-0.1, -0.05) is 19.9 Å². The van der Waals surface area contributed by atoms with Gasteiger partial charge in [0, 0.05) is 35.0 Å². The van der Waals surface area contributed by atoms with E-state index >= 15 is 0 Å². The zero-order valence-electron chi connectivity index (χ0n) is 28.6. The lowest BCUT2D eigenvalue weighted by Gasteiger charge is -2.47. The molecule has 0 spiro atoms. The second-order valence-corrected chi connectivity index (χ2v) is 16.2. The van der Waals surface area contributed by atoms with E-state index in [0.717, 1.165) is 103 Å².